The number of aromatic nitrogens is 1. The van der Waals surface area contributed by atoms with E-state index in [4.69, 9.17) is 4.42 Å². The third kappa shape index (κ3) is 2.19. The number of fused-ring (bicyclic) bond motifs is 2. The molecule has 1 unspecified atom stereocenters. The molecule has 0 bridgehead atoms. The van der Waals surface area contributed by atoms with Gasteiger partial charge in [0.2, 0.25) is 21.8 Å². The quantitative estimate of drug-likeness (QED) is 0.755. The fourth-order valence-electron chi connectivity index (χ4n) is 2.78. The molecule has 24 heavy (non-hydrogen) atoms. The second-order valence-corrected chi connectivity index (χ2v) is 7.29. The molecule has 0 fully saturated rings. The number of nitrogens with one attached hydrogen (secondary N) is 2. The topological polar surface area (TPSA) is 101 Å². The van der Waals surface area contributed by atoms with E-state index in [1.807, 2.05) is 12.1 Å². The summed E-state index contributed by atoms with van der Waals surface area (Å²) in [5.41, 5.74) is 2.31. The summed E-state index contributed by atoms with van der Waals surface area (Å²) >= 11 is 0. The number of rotatable bonds is 3. The number of amides is 1. The van der Waals surface area contributed by atoms with Crippen LogP contribution in [0, 0.1) is 0 Å². The highest BCUT2D eigenvalue weighted by atomic mass is 32.2. The summed E-state index contributed by atoms with van der Waals surface area (Å²) in [7, 11) is -2.27. The first kappa shape index (κ1) is 14.9. The largest absolute Gasteiger partial charge is 0.439 e. The maximum absolute atomic E-state index is 12.4. The molecule has 1 aromatic heterocycles. The lowest BCUT2D eigenvalue weighted by atomic mass is 10.0. The van der Waals surface area contributed by atoms with Crippen molar-refractivity contribution >= 4 is 32.7 Å². The van der Waals surface area contributed by atoms with Crippen LogP contribution >= 0.6 is 0 Å². The Morgan fingerprint density at radius 1 is 1.21 bits per heavy atom. The molecule has 0 saturated heterocycles. The number of carbonyl (C=O) groups is 1. The van der Waals surface area contributed by atoms with E-state index < -0.39 is 15.9 Å². The van der Waals surface area contributed by atoms with Gasteiger partial charge in [0.1, 0.15) is 11.4 Å². The molecular weight excluding hydrogens is 330 g/mol. The second kappa shape index (κ2) is 5.15. The van der Waals surface area contributed by atoms with E-state index in [0.717, 1.165) is 0 Å². The van der Waals surface area contributed by atoms with Crippen molar-refractivity contribution in [2.75, 3.05) is 12.4 Å². The van der Waals surface area contributed by atoms with Crippen LogP contribution in [0.1, 0.15) is 17.4 Å². The third-order valence-corrected chi connectivity index (χ3v) is 5.40. The van der Waals surface area contributed by atoms with Gasteiger partial charge in [-0.1, -0.05) is 12.1 Å². The standard InChI is InChI=1S/C16H13N3O4S/c1-17-24(21,22)9-6-7-11-10(8-9)14(15(20)18-11)16-19-12-4-2-3-5-13(12)23-16/h2-8,14,17H,1H3,(H,18,20). The molecule has 7 nitrogen and oxygen atoms in total. The van der Waals surface area contributed by atoms with E-state index in [2.05, 4.69) is 15.0 Å². The van der Waals surface area contributed by atoms with Gasteiger partial charge in [0.25, 0.3) is 0 Å². The van der Waals surface area contributed by atoms with Crippen molar-refractivity contribution in [2.45, 2.75) is 10.8 Å². The Morgan fingerprint density at radius 3 is 2.75 bits per heavy atom. The Bertz CT molecular complexity index is 1040. The van der Waals surface area contributed by atoms with Crippen LogP contribution in [-0.2, 0) is 14.8 Å². The number of nitrogens with zero attached hydrogens (tertiary/aromatic N) is 1. The van der Waals surface area contributed by atoms with Crippen LogP contribution in [-0.4, -0.2) is 26.4 Å². The van der Waals surface area contributed by atoms with Gasteiger partial charge in [-0.15, -0.1) is 0 Å². The van der Waals surface area contributed by atoms with Gasteiger partial charge >= 0.3 is 0 Å². The van der Waals surface area contributed by atoms with E-state index in [0.29, 0.717) is 22.4 Å². The molecule has 1 amide bonds. The molecule has 122 valence electrons. The Hall–Kier alpha value is -2.71. The van der Waals surface area contributed by atoms with Gasteiger partial charge in [-0.25, -0.2) is 18.1 Å². The lowest BCUT2D eigenvalue weighted by molar-refractivity contribution is -0.116. The van der Waals surface area contributed by atoms with E-state index in [1.165, 1.54) is 19.2 Å². The summed E-state index contributed by atoms with van der Waals surface area (Å²) < 4.78 is 32.0. The first-order valence-electron chi connectivity index (χ1n) is 7.23. The summed E-state index contributed by atoms with van der Waals surface area (Å²) in [4.78, 5) is 16.8. The maximum Gasteiger partial charge on any atom is 0.241 e. The van der Waals surface area contributed by atoms with Gasteiger partial charge in [0.05, 0.1) is 4.90 Å². The molecule has 2 heterocycles. The molecule has 0 radical (unpaired) electrons. The van der Waals surface area contributed by atoms with Gasteiger partial charge in [-0.2, -0.15) is 0 Å². The minimum Gasteiger partial charge on any atom is -0.439 e. The van der Waals surface area contributed by atoms with Gasteiger partial charge in [-0.05, 0) is 42.9 Å². The van der Waals surface area contributed by atoms with Crippen LogP contribution in [0.4, 0.5) is 5.69 Å². The molecule has 1 atom stereocenters. The molecular formula is C16H13N3O4S. The predicted octanol–water partition coefficient (Wildman–Crippen LogP) is 1.82. The number of carbonyl (C=O) groups excluding carboxylic acids is 1. The lowest BCUT2D eigenvalue weighted by Gasteiger charge is -2.07. The van der Waals surface area contributed by atoms with E-state index in [9.17, 15) is 13.2 Å². The molecule has 0 aliphatic carbocycles. The molecule has 2 aromatic carbocycles. The molecule has 1 aliphatic heterocycles. The van der Waals surface area contributed by atoms with E-state index in [-0.39, 0.29) is 16.7 Å². The Balaban J connectivity index is 1.87. The van der Waals surface area contributed by atoms with Gasteiger partial charge < -0.3 is 9.73 Å². The minimum atomic E-state index is -3.61. The smallest absolute Gasteiger partial charge is 0.241 e. The third-order valence-electron chi connectivity index (χ3n) is 3.99. The van der Waals surface area contributed by atoms with E-state index >= 15 is 0 Å². The van der Waals surface area contributed by atoms with Crippen LogP contribution in [0.5, 0.6) is 0 Å². The van der Waals surface area contributed by atoms with Crippen LogP contribution < -0.4 is 10.0 Å². The van der Waals surface area contributed by atoms with Crippen molar-refractivity contribution in [3.05, 3.63) is 53.9 Å². The number of anilines is 1. The normalized spacial score (nSPS) is 17.0. The molecule has 0 saturated carbocycles. The zero-order valence-corrected chi connectivity index (χ0v) is 13.4. The molecule has 4 rings (SSSR count). The van der Waals surface area contributed by atoms with Crippen LogP contribution in [0.25, 0.3) is 11.1 Å². The van der Waals surface area contributed by atoms with Gasteiger partial charge in [0, 0.05) is 5.69 Å². The minimum absolute atomic E-state index is 0.0846. The first-order chi connectivity index (χ1) is 11.5. The Kier molecular flexibility index (Phi) is 3.19. The molecule has 0 spiro atoms. The fraction of sp³-hybridized carbons (Fsp3) is 0.125. The average Bonchev–Trinajstić information content (AvgIpc) is 3.13. The second-order valence-electron chi connectivity index (χ2n) is 5.40. The maximum atomic E-state index is 12.4. The van der Waals surface area contributed by atoms with Crippen LogP contribution in [0.2, 0.25) is 0 Å². The number of oxazole rings is 1. The SMILES string of the molecule is CNS(=O)(=O)c1ccc2c(c1)C(c1nc3ccccc3o1)C(=O)N2. The number of hydrogen-bond acceptors (Lipinski definition) is 5. The number of sulfonamides is 1. The van der Waals surface area contributed by atoms with Crippen molar-refractivity contribution in [3.8, 4) is 0 Å². The van der Waals surface area contributed by atoms with Gasteiger partial charge in [0.15, 0.2) is 5.58 Å². The summed E-state index contributed by atoms with van der Waals surface area (Å²) in [6, 6.07) is 11.7. The van der Waals surface area contributed by atoms with Crippen molar-refractivity contribution in [1.29, 1.82) is 0 Å². The predicted molar refractivity (Wildman–Crippen MR) is 87.2 cm³/mol. The Labute approximate surface area is 137 Å². The summed E-state index contributed by atoms with van der Waals surface area (Å²) in [6.07, 6.45) is 0. The van der Waals surface area contributed by atoms with Crippen molar-refractivity contribution < 1.29 is 17.6 Å². The number of benzene rings is 2. The molecule has 1 aliphatic rings. The molecule has 3 aromatic rings. The van der Waals surface area contributed by atoms with Crippen molar-refractivity contribution in [1.82, 2.24) is 9.71 Å². The zero-order valence-electron chi connectivity index (χ0n) is 12.6. The van der Waals surface area contributed by atoms with Gasteiger partial charge in [-0.3, -0.25) is 4.79 Å². The fourth-order valence-corrected chi connectivity index (χ4v) is 3.55. The van der Waals surface area contributed by atoms with E-state index in [1.54, 1.807) is 18.2 Å². The molecule has 8 heteroatoms. The van der Waals surface area contributed by atoms with Crippen LogP contribution in [0.3, 0.4) is 0 Å². The first-order valence-corrected chi connectivity index (χ1v) is 8.72. The summed E-state index contributed by atoms with van der Waals surface area (Å²) in [5, 5.41) is 2.73. The monoisotopic (exact) mass is 343 g/mol. The lowest BCUT2D eigenvalue weighted by Crippen LogP contribution is -2.18. The molecule has 2 N–H and O–H groups in total. The zero-order chi connectivity index (χ0) is 16.9. The van der Waals surface area contributed by atoms with Crippen molar-refractivity contribution in [3.63, 3.8) is 0 Å². The van der Waals surface area contributed by atoms with Crippen LogP contribution in [0.15, 0.2) is 51.8 Å². The number of hydrogen-bond donors (Lipinski definition) is 2. The van der Waals surface area contributed by atoms with Crippen molar-refractivity contribution in [2.24, 2.45) is 0 Å². The summed E-state index contributed by atoms with van der Waals surface area (Å²) in [5.74, 6) is -0.832. The average molecular weight is 343 g/mol. The number of para-hydroxylation sites is 2. The summed E-state index contributed by atoms with van der Waals surface area (Å²) in [6.45, 7) is 0. The highest BCUT2D eigenvalue weighted by Crippen LogP contribution is 2.38. The highest BCUT2D eigenvalue weighted by molar-refractivity contribution is 7.89. The Morgan fingerprint density at radius 2 is 2.00 bits per heavy atom. The highest BCUT2D eigenvalue weighted by Gasteiger charge is 2.36.